The topological polar surface area (TPSA) is 57.5 Å². The lowest BCUT2D eigenvalue weighted by Gasteiger charge is -2.71. The van der Waals surface area contributed by atoms with Crippen LogP contribution in [0.5, 0.6) is 0 Å². The van der Waals surface area contributed by atoms with Crippen LogP contribution >= 0.6 is 0 Å². The zero-order valence-electron chi connectivity index (χ0n) is 22.3. The highest BCUT2D eigenvalue weighted by Gasteiger charge is 2.69. The van der Waals surface area contributed by atoms with E-state index < -0.39 is 11.4 Å². The van der Waals surface area contributed by atoms with Crippen LogP contribution in [0.4, 0.5) is 0 Å². The molecule has 5 aliphatic rings. The fourth-order valence-electron chi connectivity index (χ4n) is 10.6. The Balaban J connectivity index is 1.60. The molecule has 0 amide bonds. The molecular weight excluding hydrogens is 408 g/mol. The van der Waals surface area contributed by atoms with E-state index in [0.29, 0.717) is 11.8 Å². The second kappa shape index (κ2) is 6.89. The Bertz CT molecular complexity index is 885. The predicted molar refractivity (Wildman–Crippen MR) is 133 cm³/mol. The lowest BCUT2D eigenvalue weighted by molar-refractivity contribution is -0.205. The van der Waals surface area contributed by atoms with Gasteiger partial charge in [0.15, 0.2) is 0 Å². The van der Waals surface area contributed by atoms with Gasteiger partial charge in [-0.05, 0) is 109 Å². The number of rotatable bonds is 1. The van der Waals surface area contributed by atoms with Gasteiger partial charge in [0.25, 0.3) is 0 Å². The van der Waals surface area contributed by atoms with Gasteiger partial charge in [-0.3, -0.25) is 4.79 Å². The van der Waals surface area contributed by atoms with Crippen molar-refractivity contribution in [2.24, 2.45) is 50.2 Å². The molecule has 186 valence electrons. The van der Waals surface area contributed by atoms with E-state index in [1.54, 1.807) is 0 Å². The maximum Gasteiger partial charge on any atom is 0.310 e. The zero-order chi connectivity index (χ0) is 24.2. The van der Waals surface area contributed by atoms with Crippen LogP contribution in [0.3, 0.4) is 0 Å². The fraction of sp³-hybridized carbons (Fsp3) is 0.900. The van der Waals surface area contributed by atoms with Gasteiger partial charge in [-0.1, -0.05) is 60.1 Å². The first-order valence-electron chi connectivity index (χ1n) is 13.8. The minimum absolute atomic E-state index is 0.0301. The molecule has 0 aromatic rings. The molecule has 4 saturated carbocycles. The molecule has 0 bridgehead atoms. The van der Waals surface area contributed by atoms with Gasteiger partial charge in [0.1, 0.15) is 0 Å². The highest BCUT2D eigenvalue weighted by atomic mass is 16.4. The van der Waals surface area contributed by atoms with Crippen molar-refractivity contribution < 1.29 is 15.0 Å². The minimum atomic E-state index is -0.553. The molecule has 0 aliphatic heterocycles. The van der Waals surface area contributed by atoms with Crippen molar-refractivity contribution in [1.29, 1.82) is 0 Å². The maximum atomic E-state index is 12.8. The largest absolute Gasteiger partial charge is 0.481 e. The standard InChI is InChI=1S/C30H48O3/c1-25(2)14-16-30(24(32)33)17-15-28(6)19(20(30)18-25)8-9-22-27(5)12-11-23(31)26(3,4)21(27)10-13-29(22,28)7/h8,20-23,31H,9-18H2,1-7H3,(H,32,33)/t20-,21-,22+,23+,27-,28-,29+,30-/m0/s1. The number of allylic oxidation sites excluding steroid dienone is 2. The van der Waals surface area contributed by atoms with Gasteiger partial charge in [0, 0.05) is 0 Å². The number of aliphatic hydroxyl groups is 1. The van der Waals surface area contributed by atoms with Crippen LogP contribution in [-0.2, 0) is 4.79 Å². The Labute approximate surface area is 201 Å². The number of aliphatic hydroxyl groups excluding tert-OH is 1. The number of aliphatic carboxylic acids is 1. The van der Waals surface area contributed by atoms with Crippen LogP contribution in [0.1, 0.15) is 113 Å². The number of fused-ring (bicyclic) bond motifs is 7. The normalized spacial score (nSPS) is 52.4. The van der Waals surface area contributed by atoms with Crippen molar-refractivity contribution in [3.05, 3.63) is 11.6 Å². The second-order valence-electron chi connectivity index (χ2n) is 15.1. The number of carboxylic acid groups (broad SMARTS) is 1. The maximum absolute atomic E-state index is 12.8. The predicted octanol–water partition coefficient (Wildman–Crippen LogP) is 7.23. The Morgan fingerprint density at radius 1 is 0.879 bits per heavy atom. The molecule has 5 rings (SSSR count). The summed E-state index contributed by atoms with van der Waals surface area (Å²) in [5.74, 6) is 0.807. The van der Waals surface area contributed by atoms with E-state index in [-0.39, 0.29) is 39.1 Å². The van der Waals surface area contributed by atoms with Gasteiger partial charge in [0.2, 0.25) is 0 Å². The SMILES string of the molecule is CC1(C)CC[C@]2(C(=O)O)CC[C@@]3(C)C(=CC[C@@H]4[C@@]5(C)CC[C@@H](O)C(C)(C)[C@@H]5CC[C@]43C)[C@@H]2C1. The van der Waals surface area contributed by atoms with Crippen molar-refractivity contribution in [2.75, 3.05) is 0 Å². The fourth-order valence-corrected chi connectivity index (χ4v) is 10.6. The molecule has 0 unspecified atom stereocenters. The Morgan fingerprint density at radius 2 is 1.55 bits per heavy atom. The van der Waals surface area contributed by atoms with E-state index in [9.17, 15) is 15.0 Å². The first-order chi connectivity index (χ1) is 15.1. The summed E-state index contributed by atoms with van der Waals surface area (Å²) in [4.78, 5) is 12.8. The van der Waals surface area contributed by atoms with Crippen LogP contribution in [-0.4, -0.2) is 22.3 Å². The summed E-state index contributed by atoms with van der Waals surface area (Å²) < 4.78 is 0. The molecule has 0 aromatic carbocycles. The molecule has 0 radical (unpaired) electrons. The third kappa shape index (κ3) is 2.87. The molecule has 0 saturated heterocycles. The average Bonchev–Trinajstić information content (AvgIpc) is 2.71. The Kier molecular flexibility index (Phi) is 4.99. The molecule has 0 spiro atoms. The van der Waals surface area contributed by atoms with Crippen LogP contribution in [0, 0.1) is 50.2 Å². The number of carbonyl (C=O) groups is 1. The van der Waals surface area contributed by atoms with Gasteiger partial charge in [0.05, 0.1) is 11.5 Å². The van der Waals surface area contributed by atoms with Gasteiger partial charge in [-0.15, -0.1) is 0 Å². The summed E-state index contributed by atoms with van der Waals surface area (Å²) in [7, 11) is 0. The van der Waals surface area contributed by atoms with Crippen molar-refractivity contribution >= 4 is 5.97 Å². The van der Waals surface area contributed by atoms with Gasteiger partial charge >= 0.3 is 5.97 Å². The Hall–Kier alpha value is -0.830. The van der Waals surface area contributed by atoms with E-state index >= 15 is 0 Å². The molecule has 0 heterocycles. The van der Waals surface area contributed by atoms with E-state index in [1.165, 1.54) is 18.4 Å². The molecule has 33 heavy (non-hydrogen) atoms. The lowest BCUT2D eigenvalue weighted by Crippen LogP contribution is -2.65. The summed E-state index contributed by atoms with van der Waals surface area (Å²) in [6.45, 7) is 16.9. The van der Waals surface area contributed by atoms with Crippen LogP contribution in [0.15, 0.2) is 11.6 Å². The van der Waals surface area contributed by atoms with Crippen molar-refractivity contribution in [3.63, 3.8) is 0 Å². The average molecular weight is 457 g/mol. The van der Waals surface area contributed by atoms with Crippen molar-refractivity contribution in [2.45, 2.75) is 119 Å². The van der Waals surface area contributed by atoms with Crippen molar-refractivity contribution in [3.8, 4) is 0 Å². The summed E-state index contributed by atoms with van der Waals surface area (Å²) in [6.07, 6.45) is 12.6. The van der Waals surface area contributed by atoms with Crippen molar-refractivity contribution in [1.82, 2.24) is 0 Å². The highest BCUT2D eigenvalue weighted by molar-refractivity contribution is 5.76. The molecule has 2 N–H and O–H groups in total. The summed E-state index contributed by atoms with van der Waals surface area (Å²) >= 11 is 0. The van der Waals surface area contributed by atoms with Gasteiger partial charge < -0.3 is 10.2 Å². The summed E-state index contributed by atoms with van der Waals surface area (Å²) in [6, 6.07) is 0. The number of hydrogen-bond acceptors (Lipinski definition) is 2. The number of hydrogen-bond donors (Lipinski definition) is 2. The molecule has 3 nitrogen and oxygen atoms in total. The smallest absolute Gasteiger partial charge is 0.310 e. The molecular formula is C30H48O3. The van der Waals surface area contributed by atoms with E-state index in [2.05, 4.69) is 54.5 Å². The summed E-state index contributed by atoms with van der Waals surface area (Å²) in [5, 5.41) is 21.4. The van der Waals surface area contributed by atoms with Gasteiger partial charge in [-0.25, -0.2) is 0 Å². The lowest BCUT2D eigenvalue weighted by atomic mass is 9.33. The molecule has 4 fully saturated rings. The summed E-state index contributed by atoms with van der Waals surface area (Å²) in [5.41, 5.74) is 1.68. The third-order valence-electron chi connectivity index (χ3n) is 13.0. The molecule has 0 aromatic heterocycles. The number of carboxylic acids is 1. The van der Waals surface area contributed by atoms with Crippen LogP contribution in [0.2, 0.25) is 0 Å². The van der Waals surface area contributed by atoms with E-state index in [1.807, 2.05) is 0 Å². The van der Waals surface area contributed by atoms with E-state index in [0.717, 1.165) is 51.4 Å². The first-order valence-corrected chi connectivity index (χ1v) is 13.8. The highest BCUT2D eigenvalue weighted by Crippen LogP contribution is 2.75. The molecule has 8 atom stereocenters. The quantitative estimate of drug-likeness (QED) is 0.409. The Morgan fingerprint density at radius 3 is 2.21 bits per heavy atom. The van der Waals surface area contributed by atoms with E-state index in [4.69, 9.17) is 0 Å². The van der Waals surface area contributed by atoms with Crippen LogP contribution < -0.4 is 0 Å². The minimum Gasteiger partial charge on any atom is -0.481 e. The molecule has 5 aliphatic carbocycles. The van der Waals surface area contributed by atoms with Gasteiger partial charge in [-0.2, -0.15) is 0 Å². The monoisotopic (exact) mass is 456 g/mol. The third-order valence-corrected chi connectivity index (χ3v) is 13.0. The van der Waals surface area contributed by atoms with Crippen LogP contribution in [0.25, 0.3) is 0 Å². The first kappa shape index (κ1) is 23.9. The second-order valence-corrected chi connectivity index (χ2v) is 15.1. The zero-order valence-corrected chi connectivity index (χ0v) is 22.3. The molecule has 3 heteroatoms.